The average Bonchev–Trinajstić information content (AvgIpc) is 2.74. The molecule has 0 radical (unpaired) electrons. The van der Waals surface area contributed by atoms with Crippen molar-refractivity contribution < 1.29 is 4.79 Å². The largest absolute Gasteiger partial charge is 0.356 e. The van der Waals surface area contributed by atoms with E-state index in [0.29, 0.717) is 19.5 Å². The zero-order valence-corrected chi connectivity index (χ0v) is 8.83. The summed E-state index contributed by atoms with van der Waals surface area (Å²) in [6.45, 7) is 1.27. The van der Waals surface area contributed by atoms with Gasteiger partial charge in [-0.2, -0.15) is 0 Å². The Labute approximate surface area is 89.5 Å². The van der Waals surface area contributed by atoms with Gasteiger partial charge in [0, 0.05) is 31.8 Å². The summed E-state index contributed by atoms with van der Waals surface area (Å²) in [4.78, 5) is 18.3. The van der Waals surface area contributed by atoms with Crippen LogP contribution in [0.4, 0.5) is 0 Å². The zero-order chi connectivity index (χ0) is 10.9. The maximum atomic E-state index is 11.2. The summed E-state index contributed by atoms with van der Waals surface area (Å²) in [5.74, 6) is 1.05. The molecule has 1 rings (SSSR count). The highest BCUT2D eigenvalue weighted by Gasteiger charge is 1.99. The summed E-state index contributed by atoms with van der Waals surface area (Å²) in [5.41, 5.74) is 5.30. The van der Waals surface area contributed by atoms with E-state index in [1.165, 1.54) is 0 Å². The van der Waals surface area contributed by atoms with E-state index in [9.17, 15) is 4.79 Å². The van der Waals surface area contributed by atoms with Crippen LogP contribution in [0.25, 0.3) is 0 Å². The quantitative estimate of drug-likeness (QED) is 0.562. The molecule has 1 aromatic heterocycles. The molecule has 0 saturated carbocycles. The number of hydrogen-bond acceptors (Lipinski definition) is 3. The fraction of sp³-hybridized carbons (Fsp3) is 0.600. The first-order chi connectivity index (χ1) is 7.33. The Balaban J connectivity index is 1.99. The normalized spacial score (nSPS) is 10.2. The van der Waals surface area contributed by atoms with Gasteiger partial charge in [-0.25, -0.2) is 4.98 Å². The fourth-order valence-electron chi connectivity index (χ4n) is 1.27. The monoisotopic (exact) mass is 210 g/mol. The fourth-order valence-corrected chi connectivity index (χ4v) is 1.27. The molecule has 0 unspecified atom stereocenters. The third-order valence-corrected chi connectivity index (χ3v) is 2.08. The maximum Gasteiger partial charge on any atom is 0.220 e. The predicted octanol–water partition coefficient (Wildman–Crippen LogP) is 0.197. The maximum absolute atomic E-state index is 11.2. The van der Waals surface area contributed by atoms with Crippen LogP contribution in [-0.2, 0) is 11.2 Å². The van der Waals surface area contributed by atoms with Crippen molar-refractivity contribution in [3.05, 3.63) is 18.2 Å². The van der Waals surface area contributed by atoms with Crippen LogP contribution in [0, 0.1) is 0 Å². The molecule has 5 nitrogen and oxygen atoms in total. The Hall–Kier alpha value is -1.36. The molecule has 0 aliphatic heterocycles. The van der Waals surface area contributed by atoms with Gasteiger partial charge in [0.05, 0.1) is 0 Å². The minimum atomic E-state index is 0.0832. The highest BCUT2D eigenvalue weighted by Crippen LogP contribution is 1.93. The molecular weight excluding hydrogens is 192 g/mol. The van der Waals surface area contributed by atoms with Crippen molar-refractivity contribution in [2.24, 2.45) is 5.73 Å². The van der Waals surface area contributed by atoms with Gasteiger partial charge in [-0.3, -0.25) is 4.79 Å². The molecular formula is C10H18N4O. The van der Waals surface area contributed by atoms with Crippen LogP contribution in [0.15, 0.2) is 12.4 Å². The summed E-state index contributed by atoms with van der Waals surface area (Å²) < 4.78 is 0. The molecule has 0 aliphatic carbocycles. The van der Waals surface area contributed by atoms with Crippen molar-refractivity contribution in [1.82, 2.24) is 15.3 Å². The minimum Gasteiger partial charge on any atom is -0.356 e. The van der Waals surface area contributed by atoms with Crippen LogP contribution in [0.2, 0.25) is 0 Å². The Morgan fingerprint density at radius 1 is 1.53 bits per heavy atom. The van der Waals surface area contributed by atoms with E-state index in [4.69, 9.17) is 5.73 Å². The lowest BCUT2D eigenvalue weighted by Crippen LogP contribution is -2.25. The van der Waals surface area contributed by atoms with Gasteiger partial charge < -0.3 is 16.0 Å². The van der Waals surface area contributed by atoms with Gasteiger partial charge >= 0.3 is 0 Å². The second kappa shape index (κ2) is 7.00. The highest BCUT2D eigenvalue weighted by molar-refractivity contribution is 5.75. The standard InChI is InChI=1S/C10H18N4O/c11-5-1-4-10(15)14-6-2-3-9-12-7-8-13-9/h7-8H,1-6,11H2,(H,12,13)(H,14,15). The number of hydrogen-bond donors (Lipinski definition) is 3. The molecule has 0 fully saturated rings. The second-order valence-corrected chi connectivity index (χ2v) is 3.38. The molecule has 0 saturated heterocycles. The molecule has 5 heteroatoms. The van der Waals surface area contributed by atoms with Crippen molar-refractivity contribution in [3.8, 4) is 0 Å². The van der Waals surface area contributed by atoms with E-state index in [0.717, 1.165) is 25.1 Å². The molecule has 0 bridgehead atoms. The van der Waals surface area contributed by atoms with Gasteiger partial charge in [-0.05, 0) is 19.4 Å². The van der Waals surface area contributed by atoms with Gasteiger partial charge in [0.2, 0.25) is 5.91 Å². The Morgan fingerprint density at radius 3 is 3.07 bits per heavy atom. The molecule has 84 valence electrons. The summed E-state index contributed by atoms with van der Waals surface area (Å²) >= 11 is 0. The molecule has 1 aromatic rings. The summed E-state index contributed by atoms with van der Waals surface area (Å²) in [6, 6.07) is 0. The third kappa shape index (κ3) is 5.17. The summed E-state index contributed by atoms with van der Waals surface area (Å²) in [7, 11) is 0. The number of nitrogens with zero attached hydrogens (tertiary/aromatic N) is 1. The van der Waals surface area contributed by atoms with Crippen molar-refractivity contribution >= 4 is 5.91 Å². The number of aromatic nitrogens is 2. The van der Waals surface area contributed by atoms with Crippen molar-refractivity contribution in [2.75, 3.05) is 13.1 Å². The molecule has 0 atom stereocenters. The van der Waals surface area contributed by atoms with Gasteiger partial charge in [0.15, 0.2) is 0 Å². The number of imidazole rings is 1. The van der Waals surface area contributed by atoms with Crippen molar-refractivity contribution in [1.29, 1.82) is 0 Å². The number of amides is 1. The lowest BCUT2D eigenvalue weighted by Gasteiger charge is -2.03. The molecule has 0 spiro atoms. The van der Waals surface area contributed by atoms with Crippen molar-refractivity contribution in [2.45, 2.75) is 25.7 Å². The summed E-state index contributed by atoms with van der Waals surface area (Å²) in [6.07, 6.45) is 6.58. The third-order valence-electron chi connectivity index (χ3n) is 2.08. The SMILES string of the molecule is NCCCC(=O)NCCCc1ncc[nH]1. The lowest BCUT2D eigenvalue weighted by atomic mass is 10.2. The Kier molecular flexibility index (Phi) is 5.47. The van der Waals surface area contributed by atoms with E-state index in [-0.39, 0.29) is 5.91 Å². The number of rotatable bonds is 7. The minimum absolute atomic E-state index is 0.0832. The number of nitrogens with one attached hydrogen (secondary N) is 2. The van der Waals surface area contributed by atoms with E-state index >= 15 is 0 Å². The highest BCUT2D eigenvalue weighted by atomic mass is 16.1. The number of aryl methyl sites for hydroxylation is 1. The second-order valence-electron chi connectivity index (χ2n) is 3.38. The van der Waals surface area contributed by atoms with Crippen LogP contribution in [0.1, 0.15) is 25.1 Å². The first-order valence-corrected chi connectivity index (χ1v) is 5.28. The van der Waals surface area contributed by atoms with E-state index < -0.39 is 0 Å². The zero-order valence-electron chi connectivity index (χ0n) is 8.83. The number of carbonyl (C=O) groups is 1. The van der Waals surface area contributed by atoms with E-state index in [1.807, 2.05) is 0 Å². The van der Waals surface area contributed by atoms with Gasteiger partial charge in [-0.1, -0.05) is 0 Å². The van der Waals surface area contributed by atoms with E-state index in [1.54, 1.807) is 12.4 Å². The smallest absolute Gasteiger partial charge is 0.220 e. The van der Waals surface area contributed by atoms with Crippen LogP contribution >= 0.6 is 0 Å². The first-order valence-electron chi connectivity index (χ1n) is 5.28. The Morgan fingerprint density at radius 2 is 2.40 bits per heavy atom. The van der Waals surface area contributed by atoms with Crippen LogP contribution in [0.3, 0.4) is 0 Å². The molecule has 15 heavy (non-hydrogen) atoms. The first kappa shape index (κ1) is 11.7. The number of H-pyrrole nitrogens is 1. The lowest BCUT2D eigenvalue weighted by molar-refractivity contribution is -0.121. The van der Waals surface area contributed by atoms with Gasteiger partial charge in [0.1, 0.15) is 5.82 Å². The predicted molar refractivity (Wildman–Crippen MR) is 58.2 cm³/mol. The molecule has 0 aromatic carbocycles. The van der Waals surface area contributed by atoms with Crippen LogP contribution in [-0.4, -0.2) is 29.0 Å². The number of aromatic amines is 1. The van der Waals surface area contributed by atoms with Crippen LogP contribution in [0.5, 0.6) is 0 Å². The van der Waals surface area contributed by atoms with Crippen LogP contribution < -0.4 is 11.1 Å². The number of nitrogens with two attached hydrogens (primary N) is 1. The molecule has 1 amide bonds. The summed E-state index contributed by atoms with van der Waals surface area (Å²) in [5, 5.41) is 2.84. The Bertz CT molecular complexity index is 271. The molecule has 1 heterocycles. The van der Waals surface area contributed by atoms with E-state index in [2.05, 4.69) is 15.3 Å². The number of carbonyl (C=O) groups excluding carboxylic acids is 1. The van der Waals surface area contributed by atoms with Gasteiger partial charge in [0.25, 0.3) is 0 Å². The van der Waals surface area contributed by atoms with Gasteiger partial charge in [-0.15, -0.1) is 0 Å². The molecule has 4 N–H and O–H groups in total. The molecule has 0 aliphatic rings. The topological polar surface area (TPSA) is 83.8 Å². The van der Waals surface area contributed by atoms with Crippen molar-refractivity contribution in [3.63, 3.8) is 0 Å². The average molecular weight is 210 g/mol.